The van der Waals surface area contributed by atoms with Crippen molar-refractivity contribution in [3.05, 3.63) is 59.7 Å². The van der Waals surface area contributed by atoms with Crippen molar-refractivity contribution in [3.63, 3.8) is 0 Å². The number of carboxylic acid groups (broad SMARTS) is 1. The van der Waals surface area contributed by atoms with E-state index in [9.17, 15) is 19.5 Å². The maximum absolute atomic E-state index is 13.5. The monoisotopic (exact) mass is 478 g/mol. The number of carbonyl (C=O) groups is 3. The van der Waals surface area contributed by atoms with Crippen molar-refractivity contribution in [1.82, 2.24) is 10.2 Å². The summed E-state index contributed by atoms with van der Waals surface area (Å²) in [6.45, 7) is 2.57. The number of likely N-dealkylation sites (tertiary alicyclic amines) is 1. The molecule has 8 heteroatoms. The van der Waals surface area contributed by atoms with Crippen molar-refractivity contribution in [2.24, 2.45) is 0 Å². The molecule has 8 nitrogen and oxygen atoms in total. The van der Waals surface area contributed by atoms with Gasteiger partial charge in [-0.3, -0.25) is 4.79 Å². The molecule has 2 amide bonds. The van der Waals surface area contributed by atoms with Crippen LogP contribution in [0.15, 0.2) is 48.5 Å². The van der Waals surface area contributed by atoms with Crippen molar-refractivity contribution >= 4 is 18.0 Å². The zero-order valence-electron chi connectivity index (χ0n) is 19.7. The Morgan fingerprint density at radius 3 is 2.40 bits per heavy atom. The minimum absolute atomic E-state index is 0.0835. The van der Waals surface area contributed by atoms with E-state index in [1.165, 1.54) is 4.90 Å². The largest absolute Gasteiger partial charge is 0.480 e. The number of hydrogen-bond acceptors (Lipinski definition) is 5. The van der Waals surface area contributed by atoms with Gasteiger partial charge in [-0.05, 0) is 35.1 Å². The van der Waals surface area contributed by atoms with E-state index >= 15 is 0 Å². The van der Waals surface area contributed by atoms with E-state index in [4.69, 9.17) is 9.47 Å². The number of amides is 2. The molecule has 1 aliphatic carbocycles. The Bertz CT molecular complexity index is 1090. The van der Waals surface area contributed by atoms with E-state index in [0.717, 1.165) is 22.3 Å². The van der Waals surface area contributed by atoms with Crippen LogP contribution in [0.1, 0.15) is 49.7 Å². The molecular weight excluding hydrogens is 448 g/mol. The Labute approximate surface area is 204 Å². The lowest BCUT2D eigenvalue weighted by Gasteiger charge is -2.31. The van der Waals surface area contributed by atoms with Crippen LogP contribution in [-0.4, -0.2) is 65.4 Å². The highest BCUT2D eigenvalue weighted by Crippen LogP contribution is 2.44. The molecule has 0 bridgehead atoms. The summed E-state index contributed by atoms with van der Waals surface area (Å²) >= 11 is 0. The molecule has 184 valence electrons. The summed E-state index contributed by atoms with van der Waals surface area (Å²) in [5, 5.41) is 12.4. The number of hydrogen-bond donors (Lipinski definition) is 2. The van der Waals surface area contributed by atoms with Gasteiger partial charge in [-0.25, -0.2) is 9.59 Å². The van der Waals surface area contributed by atoms with Gasteiger partial charge < -0.3 is 24.8 Å². The van der Waals surface area contributed by atoms with Gasteiger partial charge in [0.05, 0.1) is 12.1 Å². The molecular formula is C27H30N2O6. The van der Waals surface area contributed by atoms with Gasteiger partial charge in [0.25, 0.3) is 0 Å². The molecule has 2 aliphatic heterocycles. The van der Waals surface area contributed by atoms with Crippen LogP contribution in [0, 0.1) is 0 Å². The van der Waals surface area contributed by atoms with Crippen LogP contribution in [0.4, 0.5) is 4.79 Å². The first-order valence-corrected chi connectivity index (χ1v) is 12.3. The fourth-order valence-electron chi connectivity index (χ4n) is 5.79. The number of carbonyl (C=O) groups excluding carboxylic acids is 2. The third-order valence-electron chi connectivity index (χ3n) is 7.37. The topological polar surface area (TPSA) is 105 Å². The van der Waals surface area contributed by atoms with Crippen molar-refractivity contribution < 1.29 is 29.0 Å². The van der Waals surface area contributed by atoms with Crippen LogP contribution in [0.5, 0.6) is 0 Å². The molecule has 0 spiro atoms. The molecule has 0 aromatic heterocycles. The zero-order valence-corrected chi connectivity index (χ0v) is 19.7. The quantitative estimate of drug-likeness (QED) is 0.631. The van der Waals surface area contributed by atoms with Crippen LogP contribution in [0.25, 0.3) is 11.1 Å². The maximum Gasteiger partial charge on any atom is 0.407 e. The minimum Gasteiger partial charge on any atom is -0.480 e. The summed E-state index contributed by atoms with van der Waals surface area (Å²) in [6.07, 6.45) is 0.973. The van der Waals surface area contributed by atoms with Gasteiger partial charge in [0.2, 0.25) is 5.91 Å². The van der Waals surface area contributed by atoms with Crippen molar-refractivity contribution in [3.8, 4) is 11.1 Å². The summed E-state index contributed by atoms with van der Waals surface area (Å²) < 4.78 is 11.3. The molecule has 2 fully saturated rings. The summed E-state index contributed by atoms with van der Waals surface area (Å²) in [5.41, 5.74) is 4.49. The zero-order chi connectivity index (χ0) is 24.5. The number of carboxylic acids is 1. The Hall–Kier alpha value is -3.39. The van der Waals surface area contributed by atoms with Crippen LogP contribution < -0.4 is 5.32 Å². The fraction of sp³-hybridized carbons (Fsp3) is 0.444. The Morgan fingerprint density at radius 2 is 1.77 bits per heavy atom. The Balaban J connectivity index is 1.28. The Kier molecular flexibility index (Phi) is 6.47. The van der Waals surface area contributed by atoms with Crippen molar-refractivity contribution in [2.45, 2.75) is 62.8 Å². The average Bonchev–Trinajstić information content (AvgIpc) is 3.54. The van der Waals surface area contributed by atoms with Gasteiger partial charge in [0.15, 0.2) is 0 Å². The van der Waals surface area contributed by atoms with Crippen molar-refractivity contribution in [2.75, 3.05) is 13.2 Å². The first-order valence-electron chi connectivity index (χ1n) is 12.3. The predicted octanol–water partition coefficient (Wildman–Crippen LogP) is 3.54. The number of rotatable bonds is 7. The molecule has 4 atom stereocenters. The second-order valence-electron chi connectivity index (χ2n) is 9.41. The third kappa shape index (κ3) is 4.27. The van der Waals surface area contributed by atoms with E-state index in [-0.39, 0.29) is 37.0 Å². The second kappa shape index (κ2) is 9.70. The molecule has 2 aromatic carbocycles. The first-order chi connectivity index (χ1) is 17.0. The van der Waals surface area contributed by atoms with Crippen LogP contribution in [0.3, 0.4) is 0 Å². The predicted molar refractivity (Wildman–Crippen MR) is 128 cm³/mol. The van der Waals surface area contributed by atoms with E-state index in [1.807, 2.05) is 43.3 Å². The lowest BCUT2D eigenvalue weighted by atomic mass is 9.98. The van der Waals surface area contributed by atoms with Gasteiger partial charge >= 0.3 is 12.1 Å². The van der Waals surface area contributed by atoms with Crippen LogP contribution in [-0.2, 0) is 19.1 Å². The van der Waals surface area contributed by atoms with Crippen molar-refractivity contribution in [1.29, 1.82) is 0 Å². The molecule has 35 heavy (non-hydrogen) atoms. The molecule has 2 aromatic rings. The number of alkyl carbamates (subject to hydrolysis) is 1. The first kappa shape index (κ1) is 23.4. The van der Waals surface area contributed by atoms with Crippen LogP contribution in [0.2, 0.25) is 0 Å². The third-order valence-corrected chi connectivity index (χ3v) is 7.37. The SMILES string of the molecule is CCC[C@H](NC(=O)OCC1c2ccccc2-c2ccccc21)C(=O)N1C(C(=O)O)C[C@@H]2OCC[C@@H]21. The molecule has 3 aliphatic rings. The van der Waals surface area contributed by atoms with Gasteiger partial charge in [-0.1, -0.05) is 61.9 Å². The standard InChI is InChI=1S/C27H30N2O6/c1-2-7-21(25(30)29-22-12-13-34-24(22)14-23(29)26(31)32)28-27(33)35-15-20-18-10-5-3-8-16(18)17-9-4-6-11-19(17)20/h3-6,8-11,20-24H,2,7,12-15H2,1H3,(H,28,33)(H,31,32)/t21-,22-,23?,24-/m0/s1. The molecule has 2 heterocycles. The van der Waals surface area contributed by atoms with E-state index in [2.05, 4.69) is 17.4 Å². The summed E-state index contributed by atoms with van der Waals surface area (Å²) in [4.78, 5) is 39.5. The van der Waals surface area contributed by atoms with E-state index in [0.29, 0.717) is 25.9 Å². The van der Waals surface area contributed by atoms with Gasteiger partial charge in [0.1, 0.15) is 18.7 Å². The number of aliphatic carboxylic acids is 1. The van der Waals surface area contributed by atoms with Crippen LogP contribution >= 0.6 is 0 Å². The lowest BCUT2D eigenvalue weighted by molar-refractivity contribution is -0.150. The van der Waals surface area contributed by atoms with E-state index < -0.39 is 24.1 Å². The smallest absolute Gasteiger partial charge is 0.407 e. The molecule has 0 radical (unpaired) electrons. The molecule has 2 saturated heterocycles. The second-order valence-corrected chi connectivity index (χ2v) is 9.41. The number of nitrogens with zero attached hydrogens (tertiary/aromatic N) is 1. The highest BCUT2D eigenvalue weighted by Gasteiger charge is 2.51. The Morgan fingerprint density at radius 1 is 1.11 bits per heavy atom. The van der Waals surface area contributed by atoms with Gasteiger partial charge in [-0.15, -0.1) is 0 Å². The van der Waals surface area contributed by atoms with Gasteiger partial charge in [-0.2, -0.15) is 0 Å². The normalized spacial score (nSPS) is 23.3. The van der Waals surface area contributed by atoms with Gasteiger partial charge in [0, 0.05) is 18.9 Å². The lowest BCUT2D eigenvalue weighted by Crippen LogP contribution is -2.54. The summed E-state index contributed by atoms with van der Waals surface area (Å²) in [5.74, 6) is -1.52. The number of nitrogens with one attached hydrogen (secondary N) is 1. The number of benzene rings is 2. The highest BCUT2D eigenvalue weighted by molar-refractivity contribution is 5.90. The summed E-state index contributed by atoms with van der Waals surface area (Å²) in [6, 6.07) is 14.1. The number of ether oxygens (including phenoxy) is 2. The molecule has 5 rings (SSSR count). The fourth-order valence-corrected chi connectivity index (χ4v) is 5.79. The number of fused-ring (bicyclic) bond motifs is 4. The molecule has 2 N–H and O–H groups in total. The average molecular weight is 479 g/mol. The maximum atomic E-state index is 13.5. The molecule has 1 unspecified atom stereocenters. The van der Waals surface area contributed by atoms with E-state index in [1.54, 1.807) is 0 Å². The molecule has 0 saturated carbocycles. The highest BCUT2D eigenvalue weighted by atomic mass is 16.5. The summed E-state index contributed by atoms with van der Waals surface area (Å²) in [7, 11) is 0. The minimum atomic E-state index is -1.05.